The van der Waals surface area contributed by atoms with Crippen LogP contribution in [0.3, 0.4) is 0 Å². The van der Waals surface area contributed by atoms with Crippen molar-refractivity contribution in [3.8, 4) is 11.4 Å². The minimum absolute atomic E-state index is 0. The fourth-order valence-electron chi connectivity index (χ4n) is 7.37. The third-order valence-corrected chi connectivity index (χ3v) is 17.1. The van der Waals surface area contributed by atoms with Crippen LogP contribution in [-0.4, -0.2) is 9.13 Å². The fourth-order valence-corrected chi connectivity index (χ4v) is 15.2. The topological polar surface area (TPSA) is 9.86 Å². The van der Waals surface area contributed by atoms with Crippen molar-refractivity contribution in [2.45, 2.75) is 35.0 Å². The van der Waals surface area contributed by atoms with Gasteiger partial charge >= 0.3 is 254 Å². The Balaban J connectivity index is 0.00000165. The molecule has 0 spiro atoms. The average Bonchev–Trinajstić information content (AvgIpc) is 3.68. The monoisotopic (exact) mass is 766 g/mol. The summed E-state index contributed by atoms with van der Waals surface area (Å²) in [6.45, 7) is 9.58. The SMILES string of the molecule is CC1=C(C)[CH]([Hf+2][CH]2C(C)=C(C)c3c2c2ccccc2n3-c2ccccc2)c2c1n(-c1ccccc1)c1ccccc21.[Cl-].[Cl-]. The number of rotatable bonds is 4. The molecule has 0 fully saturated rings. The molecule has 8 rings (SSSR count). The van der Waals surface area contributed by atoms with Crippen molar-refractivity contribution in [1.29, 1.82) is 0 Å². The molecule has 2 aliphatic carbocycles. The van der Waals surface area contributed by atoms with Crippen LogP contribution in [-0.2, 0) is 22.9 Å². The van der Waals surface area contributed by atoms with Crippen molar-refractivity contribution in [2.75, 3.05) is 0 Å². The summed E-state index contributed by atoms with van der Waals surface area (Å²) >= 11 is -1.36. The number of hydrogen-bond donors (Lipinski definition) is 0. The van der Waals surface area contributed by atoms with E-state index >= 15 is 0 Å². The Kier molecular flexibility index (Phi) is 7.96. The van der Waals surface area contributed by atoms with Gasteiger partial charge in [-0.1, -0.05) is 0 Å². The number of aromatic nitrogens is 2. The average molecular weight is 766 g/mol. The first-order chi connectivity index (χ1) is 20.1. The van der Waals surface area contributed by atoms with Gasteiger partial charge in [0.2, 0.25) is 0 Å². The van der Waals surface area contributed by atoms with Gasteiger partial charge in [0.15, 0.2) is 0 Å². The second-order valence-electron chi connectivity index (χ2n) is 11.5. The van der Waals surface area contributed by atoms with Gasteiger partial charge in [-0.15, -0.1) is 0 Å². The molecule has 2 atom stereocenters. The van der Waals surface area contributed by atoms with Crippen LogP contribution < -0.4 is 24.8 Å². The summed E-state index contributed by atoms with van der Waals surface area (Å²) < 4.78 is 6.19. The quantitative estimate of drug-likeness (QED) is 0.240. The van der Waals surface area contributed by atoms with Crippen LogP contribution >= 0.6 is 0 Å². The van der Waals surface area contributed by atoms with E-state index < -0.39 is 22.9 Å². The van der Waals surface area contributed by atoms with Crippen molar-refractivity contribution < 1.29 is 47.7 Å². The standard InChI is InChI=1S/2C19H16N.2ClH.Hf/c2*1-13-12-17-16-10-6-7-11-18(16)20(19(17)14(13)2)15-8-4-3-5-9-15;;;/h2*3-12H,1-2H3;2*1H;/q;;;;+2/p-2. The molecule has 2 aliphatic rings. The van der Waals surface area contributed by atoms with E-state index in [2.05, 4.69) is 146 Å². The zero-order valence-corrected chi connectivity index (χ0v) is 29.8. The molecular weight excluding hydrogens is 734 g/mol. The Morgan fingerprint density at radius 2 is 0.814 bits per heavy atom. The predicted molar refractivity (Wildman–Crippen MR) is 169 cm³/mol. The Hall–Kier alpha value is -3.11. The summed E-state index contributed by atoms with van der Waals surface area (Å²) in [5.41, 5.74) is 17.4. The maximum atomic E-state index is 2.53. The number of para-hydroxylation sites is 4. The minimum atomic E-state index is -1.36. The number of halogens is 2. The first-order valence-electron chi connectivity index (χ1n) is 14.5. The maximum Gasteiger partial charge on any atom is -1.00 e. The molecule has 5 heteroatoms. The molecule has 43 heavy (non-hydrogen) atoms. The smallest absolute Gasteiger partial charge is 1.00 e. The van der Waals surface area contributed by atoms with Crippen LogP contribution in [0, 0.1) is 0 Å². The van der Waals surface area contributed by atoms with Crippen LogP contribution in [0.5, 0.6) is 0 Å². The van der Waals surface area contributed by atoms with Gasteiger partial charge in [-0.25, -0.2) is 0 Å². The Morgan fingerprint density at radius 1 is 0.465 bits per heavy atom. The second-order valence-corrected chi connectivity index (χ2v) is 16.9. The molecule has 0 radical (unpaired) electrons. The van der Waals surface area contributed by atoms with Crippen LogP contribution in [0.1, 0.15) is 57.6 Å². The van der Waals surface area contributed by atoms with E-state index in [1.807, 2.05) is 0 Å². The first-order valence-corrected chi connectivity index (χ1v) is 18.7. The van der Waals surface area contributed by atoms with Gasteiger partial charge in [-0.3, -0.25) is 0 Å². The molecule has 212 valence electrons. The van der Waals surface area contributed by atoms with E-state index in [9.17, 15) is 0 Å². The van der Waals surface area contributed by atoms with E-state index in [1.165, 1.54) is 55.7 Å². The van der Waals surface area contributed by atoms with Gasteiger partial charge in [0.1, 0.15) is 0 Å². The fraction of sp³-hybridized carbons (Fsp3) is 0.158. The van der Waals surface area contributed by atoms with Crippen molar-refractivity contribution in [1.82, 2.24) is 9.13 Å². The van der Waals surface area contributed by atoms with E-state index in [-0.39, 0.29) is 24.8 Å². The van der Waals surface area contributed by atoms with Crippen molar-refractivity contribution >= 4 is 33.0 Å². The number of allylic oxidation sites excluding steroid dienone is 4. The summed E-state index contributed by atoms with van der Waals surface area (Å²) in [5, 5.41) is 2.87. The summed E-state index contributed by atoms with van der Waals surface area (Å²) in [6, 6.07) is 40.1. The Morgan fingerprint density at radius 3 is 1.21 bits per heavy atom. The largest absolute Gasteiger partial charge is 1.00 e. The normalized spacial score (nSPS) is 17.1. The summed E-state index contributed by atoms with van der Waals surface area (Å²) in [7, 11) is 0. The van der Waals surface area contributed by atoms with Crippen molar-refractivity contribution in [2.24, 2.45) is 0 Å². The molecule has 0 saturated heterocycles. The number of hydrogen-bond acceptors (Lipinski definition) is 0. The zero-order chi connectivity index (χ0) is 27.8. The number of nitrogens with zero attached hydrogens (tertiary/aromatic N) is 2. The molecule has 2 unspecified atom stereocenters. The van der Waals surface area contributed by atoms with Crippen molar-refractivity contribution in [3.05, 3.63) is 143 Å². The van der Waals surface area contributed by atoms with Crippen molar-refractivity contribution in [3.63, 3.8) is 0 Å². The number of benzene rings is 4. The van der Waals surface area contributed by atoms with Gasteiger partial charge in [0.25, 0.3) is 0 Å². The van der Waals surface area contributed by atoms with E-state index in [0.717, 1.165) is 0 Å². The summed E-state index contributed by atoms with van der Waals surface area (Å²) in [4.78, 5) is 0. The molecular formula is C38H32Cl2HfN2. The third kappa shape index (κ3) is 4.30. The first kappa shape index (κ1) is 29.9. The van der Waals surface area contributed by atoms with Gasteiger partial charge in [0.05, 0.1) is 0 Å². The molecule has 0 N–H and O–H groups in total. The Bertz CT molecular complexity index is 1920. The predicted octanol–water partition coefficient (Wildman–Crippen LogP) is 4.06. The third-order valence-electron chi connectivity index (χ3n) is 9.53. The molecule has 2 nitrogen and oxygen atoms in total. The second kappa shape index (κ2) is 11.4. The van der Waals surface area contributed by atoms with Gasteiger partial charge in [-0.05, 0) is 0 Å². The molecule has 4 aromatic carbocycles. The van der Waals surface area contributed by atoms with Gasteiger partial charge < -0.3 is 24.8 Å². The van der Waals surface area contributed by atoms with Crippen LogP contribution in [0.25, 0.3) is 44.3 Å². The van der Waals surface area contributed by atoms with E-state index in [0.29, 0.717) is 7.35 Å². The molecule has 6 aromatic rings. The van der Waals surface area contributed by atoms with Crippen LogP contribution in [0.2, 0.25) is 0 Å². The van der Waals surface area contributed by atoms with E-state index in [4.69, 9.17) is 0 Å². The molecule has 0 saturated carbocycles. The van der Waals surface area contributed by atoms with Gasteiger partial charge in [0, 0.05) is 0 Å². The van der Waals surface area contributed by atoms with Gasteiger partial charge in [-0.2, -0.15) is 0 Å². The van der Waals surface area contributed by atoms with Crippen LogP contribution in [0.4, 0.5) is 0 Å². The molecule has 2 aromatic heterocycles. The zero-order valence-electron chi connectivity index (χ0n) is 24.7. The molecule has 0 aliphatic heterocycles. The Labute approximate surface area is 277 Å². The summed E-state index contributed by atoms with van der Waals surface area (Å²) in [5.74, 6) is 0. The van der Waals surface area contributed by atoms with Crippen LogP contribution in [0.15, 0.2) is 120 Å². The minimum Gasteiger partial charge on any atom is -1.00 e. The number of fused-ring (bicyclic) bond motifs is 6. The molecule has 2 heterocycles. The summed E-state index contributed by atoms with van der Waals surface area (Å²) in [6.07, 6.45) is 0. The molecule has 0 amide bonds. The van der Waals surface area contributed by atoms with E-state index in [1.54, 1.807) is 22.3 Å². The molecule has 0 bridgehead atoms. The maximum absolute atomic E-state index is 2.53.